The van der Waals surface area contributed by atoms with Crippen molar-refractivity contribution in [2.24, 2.45) is 0 Å². The SMILES string of the molecule is CN(Cc1ccccc1[N+](=O)[O-])C(=O)CN1CCSC1=O. The summed E-state index contributed by atoms with van der Waals surface area (Å²) in [6, 6.07) is 6.32. The van der Waals surface area contributed by atoms with Gasteiger partial charge in [-0.3, -0.25) is 19.7 Å². The lowest BCUT2D eigenvalue weighted by atomic mass is 10.1. The van der Waals surface area contributed by atoms with Crippen LogP contribution < -0.4 is 0 Å². The maximum atomic E-state index is 12.1. The molecule has 1 fully saturated rings. The molecule has 2 rings (SSSR count). The molecule has 21 heavy (non-hydrogen) atoms. The third kappa shape index (κ3) is 3.72. The fraction of sp³-hybridized carbons (Fsp3) is 0.385. The molecule has 0 bridgehead atoms. The molecule has 0 aromatic heterocycles. The van der Waals surface area contributed by atoms with E-state index in [0.717, 1.165) is 0 Å². The van der Waals surface area contributed by atoms with E-state index >= 15 is 0 Å². The zero-order chi connectivity index (χ0) is 15.4. The number of amides is 2. The molecule has 0 N–H and O–H groups in total. The summed E-state index contributed by atoms with van der Waals surface area (Å²) in [5.74, 6) is 0.462. The molecule has 1 heterocycles. The molecule has 0 atom stereocenters. The fourth-order valence-electron chi connectivity index (χ4n) is 2.02. The van der Waals surface area contributed by atoms with Gasteiger partial charge < -0.3 is 9.80 Å². The zero-order valence-electron chi connectivity index (χ0n) is 11.5. The summed E-state index contributed by atoms with van der Waals surface area (Å²) in [6.07, 6.45) is 0. The number of rotatable bonds is 5. The van der Waals surface area contributed by atoms with Gasteiger partial charge in [-0.05, 0) is 0 Å². The topological polar surface area (TPSA) is 83.8 Å². The number of hydrogen-bond acceptors (Lipinski definition) is 5. The first-order chi connectivity index (χ1) is 9.99. The van der Waals surface area contributed by atoms with Crippen molar-refractivity contribution < 1.29 is 14.5 Å². The van der Waals surface area contributed by atoms with E-state index in [1.165, 1.54) is 27.6 Å². The lowest BCUT2D eigenvalue weighted by Gasteiger charge is -2.21. The Morgan fingerprint density at radius 1 is 1.48 bits per heavy atom. The molecule has 0 radical (unpaired) electrons. The van der Waals surface area contributed by atoms with Crippen molar-refractivity contribution >= 4 is 28.6 Å². The molecule has 0 saturated carbocycles. The third-order valence-corrected chi connectivity index (χ3v) is 4.08. The highest BCUT2D eigenvalue weighted by atomic mass is 32.2. The van der Waals surface area contributed by atoms with E-state index in [1.807, 2.05) is 0 Å². The van der Waals surface area contributed by atoms with Crippen LogP contribution >= 0.6 is 11.8 Å². The van der Waals surface area contributed by atoms with Crippen molar-refractivity contribution in [3.8, 4) is 0 Å². The molecule has 0 unspecified atom stereocenters. The van der Waals surface area contributed by atoms with Gasteiger partial charge in [-0.2, -0.15) is 0 Å². The van der Waals surface area contributed by atoms with Crippen LogP contribution in [0.1, 0.15) is 5.56 Å². The summed E-state index contributed by atoms with van der Waals surface area (Å²) in [5, 5.41) is 10.8. The predicted octanol–water partition coefficient (Wildman–Crippen LogP) is 1.72. The van der Waals surface area contributed by atoms with Crippen molar-refractivity contribution in [2.45, 2.75) is 6.54 Å². The lowest BCUT2D eigenvalue weighted by molar-refractivity contribution is -0.385. The molecule has 2 amide bonds. The minimum Gasteiger partial charge on any atom is -0.340 e. The second kappa shape index (κ2) is 6.57. The first-order valence-electron chi connectivity index (χ1n) is 6.37. The van der Waals surface area contributed by atoms with Gasteiger partial charge in [0.1, 0.15) is 6.54 Å². The predicted molar refractivity (Wildman–Crippen MR) is 79.0 cm³/mol. The van der Waals surface area contributed by atoms with Crippen LogP contribution in [0.15, 0.2) is 24.3 Å². The average molecular weight is 309 g/mol. The monoisotopic (exact) mass is 309 g/mol. The standard InChI is InChI=1S/C13H15N3O4S/c1-14(12(17)9-15-6-7-21-13(15)18)8-10-4-2-3-5-11(10)16(19)20/h2-5H,6-9H2,1H3. The van der Waals surface area contributed by atoms with Crippen molar-refractivity contribution in [3.63, 3.8) is 0 Å². The number of para-hydroxylation sites is 1. The van der Waals surface area contributed by atoms with Gasteiger partial charge in [-0.25, -0.2) is 0 Å². The first-order valence-corrected chi connectivity index (χ1v) is 7.35. The van der Waals surface area contributed by atoms with Crippen LogP contribution in [0, 0.1) is 10.1 Å². The Hall–Kier alpha value is -2.09. The van der Waals surface area contributed by atoms with Crippen LogP contribution in [-0.2, 0) is 11.3 Å². The maximum absolute atomic E-state index is 12.1. The Bertz CT molecular complexity index is 578. The van der Waals surface area contributed by atoms with Crippen LogP contribution in [0.3, 0.4) is 0 Å². The van der Waals surface area contributed by atoms with Crippen LogP contribution in [-0.4, -0.2) is 51.8 Å². The number of likely N-dealkylation sites (N-methyl/N-ethyl adjacent to an activating group) is 1. The highest BCUT2D eigenvalue weighted by Gasteiger charge is 2.25. The van der Waals surface area contributed by atoms with Gasteiger partial charge in [0.15, 0.2) is 0 Å². The van der Waals surface area contributed by atoms with Gasteiger partial charge in [0.2, 0.25) is 5.91 Å². The number of carbonyl (C=O) groups excluding carboxylic acids is 2. The van der Waals surface area contributed by atoms with Crippen LogP contribution in [0.4, 0.5) is 10.5 Å². The second-order valence-electron chi connectivity index (χ2n) is 4.67. The normalized spacial score (nSPS) is 14.3. The number of benzene rings is 1. The van der Waals surface area contributed by atoms with Gasteiger partial charge in [0, 0.05) is 31.0 Å². The molecule has 1 aliphatic rings. The van der Waals surface area contributed by atoms with E-state index in [-0.39, 0.29) is 29.9 Å². The summed E-state index contributed by atoms with van der Waals surface area (Å²) >= 11 is 1.20. The van der Waals surface area contributed by atoms with E-state index in [0.29, 0.717) is 17.9 Å². The van der Waals surface area contributed by atoms with Crippen molar-refractivity contribution in [1.29, 1.82) is 0 Å². The highest BCUT2D eigenvalue weighted by molar-refractivity contribution is 8.13. The molecule has 0 aliphatic carbocycles. The average Bonchev–Trinajstić information content (AvgIpc) is 2.84. The maximum Gasteiger partial charge on any atom is 0.282 e. The minimum atomic E-state index is -0.464. The van der Waals surface area contributed by atoms with Gasteiger partial charge >= 0.3 is 0 Å². The Morgan fingerprint density at radius 2 is 2.19 bits per heavy atom. The molecule has 1 aliphatic heterocycles. The van der Waals surface area contributed by atoms with E-state index in [9.17, 15) is 19.7 Å². The fourth-order valence-corrected chi connectivity index (χ4v) is 2.84. The van der Waals surface area contributed by atoms with Crippen LogP contribution in [0.25, 0.3) is 0 Å². The Balaban J connectivity index is 2.01. The highest BCUT2D eigenvalue weighted by Crippen LogP contribution is 2.20. The summed E-state index contributed by atoms with van der Waals surface area (Å²) < 4.78 is 0. The van der Waals surface area contributed by atoms with Gasteiger partial charge in [0.25, 0.3) is 10.9 Å². The van der Waals surface area contributed by atoms with E-state index in [4.69, 9.17) is 0 Å². The summed E-state index contributed by atoms with van der Waals surface area (Å²) in [7, 11) is 1.58. The molecule has 8 heteroatoms. The molecule has 0 spiro atoms. The second-order valence-corrected chi connectivity index (χ2v) is 5.72. The minimum absolute atomic E-state index is 0.00930. The Morgan fingerprint density at radius 3 is 2.81 bits per heavy atom. The van der Waals surface area contributed by atoms with Crippen LogP contribution in [0.5, 0.6) is 0 Å². The number of hydrogen-bond donors (Lipinski definition) is 0. The number of nitro benzene ring substituents is 1. The number of nitrogens with zero attached hydrogens (tertiary/aromatic N) is 3. The van der Waals surface area contributed by atoms with Gasteiger partial charge in [-0.15, -0.1) is 0 Å². The van der Waals surface area contributed by atoms with E-state index in [2.05, 4.69) is 0 Å². The Kier molecular flexibility index (Phi) is 4.79. The number of thioether (sulfide) groups is 1. The quantitative estimate of drug-likeness (QED) is 0.611. The van der Waals surface area contributed by atoms with Crippen LogP contribution in [0.2, 0.25) is 0 Å². The van der Waals surface area contributed by atoms with Crippen molar-refractivity contribution in [2.75, 3.05) is 25.9 Å². The number of carbonyl (C=O) groups is 2. The molecule has 7 nitrogen and oxygen atoms in total. The molecular weight excluding hydrogens is 294 g/mol. The third-order valence-electron chi connectivity index (χ3n) is 3.19. The Labute approximate surface area is 126 Å². The summed E-state index contributed by atoms with van der Waals surface area (Å²) in [4.78, 5) is 36.9. The van der Waals surface area contributed by atoms with E-state index in [1.54, 1.807) is 25.2 Å². The molecule has 112 valence electrons. The zero-order valence-corrected chi connectivity index (χ0v) is 12.3. The smallest absolute Gasteiger partial charge is 0.282 e. The van der Waals surface area contributed by atoms with E-state index < -0.39 is 4.92 Å². The first kappa shape index (κ1) is 15.3. The number of nitro groups is 1. The van der Waals surface area contributed by atoms with Crippen molar-refractivity contribution in [1.82, 2.24) is 9.80 Å². The molecule has 1 aromatic carbocycles. The van der Waals surface area contributed by atoms with Gasteiger partial charge in [0.05, 0.1) is 11.5 Å². The molecule has 1 aromatic rings. The largest absolute Gasteiger partial charge is 0.340 e. The summed E-state index contributed by atoms with van der Waals surface area (Å²) in [6.45, 7) is 0.725. The molecule has 1 saturated heterocycles. The lowest BCUT2D eigenvalue weighted by Crippen LogP contribution is -2.38. The molecular formula is C13H15N3O4S. The van der Waals surface area contributed by atoms with Gasteiger partial charge in [-0.1, -0.05) is 30.0 Å². The summed E-state index contributed by atoms with van der Waals surface area (Å²) in [5.41, 5.74) is 0.463. The van der Waals surface area contributed by atoms with Crippen molar-refractivity contribution in [3.05, 3.63) is 39.9 Å².